The molecule has 0 radical (unpaired) electrons. The third kappa shape index (κ3) is 4.72. The van der Waals surface area contributed by atoms with Crippen LogP contribution < -0.4 is 5.32 Å². The summed E-state index contributed by atoms with van der Waals surface area (Å²) >= 11 is 8.37. The second kappa shape index (κ2) is 8.00. The number of aromatic nitrogens is 1. The van der Waals surface area contributed by atoms with Crippen LogP contribution in [-0.2, 0) is 4.79 Å². The molecule has 2 unspecified atom stereocenters. The van der Waals surface area contributed by atoms with E-state index in [1.54, 1.807) is 26.0 Å². The molecule has 0 aliphatic rings. The average Bonchev–Trinajstić information content (AvgIpc) is 2.91. The van der Waals surface area contributed by atoms with Crippen molar-refractivity contribution in [1.29, 1.82) is 0 Å². The molecule has 2 atom stereocenters. The largest absolute Gasteiger partial charge is 0.477 e. The Morgan fingerprint density at radius 2 is 1.92 bits per heavy atom. The summed E-state index contributed by atoms with van der Waals surface area (Å²) in [5, 5.41) is 12.9. The second-order valence-corrected chi connectivity index (χ2v) is 8.10. The summed E-state index contributed by atoms with van der Waals surface area (Å²) in [6, 6.07) is 6.95. The summed E-state index contributed by atoms with van der Waals surface area (Å²) in [5.74, 6) is -1.13. The molecule has 0 fully saturated rings. The summed E-state index contributed by atoms with van der Waals surface area (Å²) < 4.78 is 0. The number of thiazole rings is 1. The molecule has 0 saturated heterocycles. The van der Waals surface area contributed by atoms with Crippen LogP contribution in [0.25, 0.3) is 0 Å². The van der Waals surface area contributed by atoms with Crippen molar-refractivity contribution in [3.8, 4) is 0 Å². The molecule has 0 aliphatic heterocycles. The average molecular weight is 385 g/mol. The Bertz CT molecular complexity index is 746. The maximum Gasteiger partial charge on any atom is 0.347 e. The minimum Gasteiger partial charge on any atom is -0.477 e. The predicted octanol–water partition coefficient (Wildman–Crippen LogP) is 4.16. The molecular weight excluding hydrogens is 368 g/mol. The monoisotopic (exact) mass is 384 g/mol. The first-order chi connectivity index (χ1) is 11.3. The first kappa shape index (κ1) is 18.8. The maximum absolute atomic E-state index is 12.3. The number of thioether (sulfide) groups is 1. The molecule has 2 N–H and O–H groups in total. The number of hydrogen-bond donors (Lipinski definition) is 2. The Morgan fingerprint density at radius 1 is 1.29 bits per heavy atom. The van der Waals surface area contributed by atoms with E-state index in [-0.39, 0.29) is 22.1 Å². The van der Waals surface area contributed by atoms with Crippen LogP contribution in [0.15, 0.2) is 29.2 Å². The molecule has 0 bridgehead atoms. The van der Waals surface area contributed by atoms with Gasteiger partial charge in [-0.05, 0) is 45.0 Å². The molecule has 8 heteroatoms. The van der Waals surface area contributed by atoms with Gasteiger partial charge in [-0.25, -0.2) is 9.78 Å². The van der Waals surface area contributed by atoms with E-state index < -0.39 is 5.97 Å². The van der Waals surface area contributed by atoms with Crippen molar-refractivity contribution in [1.82, 2.24) is 10.3 Å². The topological polar surface area (TPSA) is 79.3 Å². The Kier molecular flexibility index (Phi) is 6.26. The first-order valence-electron chi connectivity index (χ1n) is 7.21. The number of rotatable bonds is 6. The zero-order valence-electron chi connectivity index (χ0n) is 13.4. The molecule has 0 saturated carbocycles. The number of nitrogens with zero attached hydrogens (tertiary/aromatic N) is 1. The normalized spacial score (nSPS) is 13.3. The van der Waals surface area contributed by atoms with E-state index in [1.165, 1.54) is 11.8 Å². The summed E-state index contributed by atoms with van der Waals surface area (Å²) in [4.78, 5) is 28.8. The van der Waals surface area contributed by atoms with Crippen molar-refractivity contribution in [2.24, 2.45) is 0 Å². The number of benzene rings is 1. The van der Waals surface area contributed by atoms with Gasteiger partial charge < -0.3 is 10.4 Å². The molecule has 128 valence electrons. The predicted molar refractivity (Wildman–Crippen MR) is 97.1 cm³/mol. The lowest BCUT2D eigenvalue weighted by Crippen LogP contribution is -2.33. The number of carboxylic acid groups (broad SMARTS) is 1. The molecular formula is C16H17ClN2O3S2. The van der Waals surface area contributed by atoms with Crippen molar-refractivity contribution in [3.63, 3.8) is 0 Å². The third-order valence-electron chi connectivity index (χ3n) is 3.23. The Labute approximate surface area is 153 Å². The number of aryl methyl sites for hydroxylation is 1. The fourth-order valence-corrected chi connectivity index (χ4v) is 3.87. The lowest BCUT2D eigenvalue weighted by Gasteiger charge is -2.15. The highest BCUT2D eigenvalue weighted by Gasteiger charge is 2.21. The standard InChI is InChI=1S/C16H17ClN2O3S2/c1-8-13(16(21)22)24-15(19-8)9(2)18-14(20)10(3)23-12-6-4-11(17)5-7-12/h4-7,9-10H,1-3H3,(H,18,20)(H,21,22). The summed E-state index contributed by atoms with van der Waals surface area (Å²) in [5.41, 5.74) is 0.465. The van der Waals surface area contributed by atoms with E-state index in [0.717, 1.165) is 16.2 Å². The van der Waals surface area contributed by atoms with Crippen LogP contribution in [0, 0.1) is 6.92 Å². The number of nitrogens with one attached hydrogen (secondary N) is 1. The summed E-state index contributed by atoms with van der Waals surface area (Å²) in [6.45, 7) is 5.26. The van der Waals surface area contributed by atoms with E-state index >= 15 is 0 Å². The summed E-state index contributed by atoms with van der Waals surface area (Å²) in [6.07, 6.45) is 0. The Balaban J connectivity index is 1.98. The van der Waals surface area contributed by atoms with Gasteiger partial charge in [-0.1, -0.05) is 11.6 Å². The Morgan fingerprint density at radius 3 is 2.46 bits per heavy atom. The van der Waals surface area contributed by atoms with Crippen molar-refractivity contribution in [3.05, 3.63) is 44.9 Å². The molecule has 24 heavy (non-hydrogen) atoms. The van der Waals surface area contributed by atoms with Gasteiger partial charge in [0.15, 0.2) is 0 Å². The molecule has 0 aliphatic carbocycles. The van der Waals surface area contributed by atoms with Gasteiger partial charge in [0.05, 0.1) is 17.0 Å². The van der Waals surface area contributed by atoms with E-state index in [4.69, 9.17) is 16.7 Å². The molecule has 2 rings (SSSR count). The van der Waals surface area contributed by atoms with Crippen LogP contribution in [0.1, 0.15) is 40.3 Å². The van der Waals surface area contributed by atoms with Crippen LogP contribution in [-0.4, -0.2) is 27.2 Å². The fourth-order valence-electron chi connectivity index (χ4n) is 1.96. The molecule has 5 nitrogen and oxygen atoms in total. The van der Waals surface area contributed by atoms with Crippen molar-refractivity contribution >= 4 is 46.6 Å². The van der Waals surface area contributed by atoms with Gasteiger partial charge >= 0.3 is 5.97 Å². The molecule has 0 spiro atoms. The highest BCUT2D eigenvalue weighted by atomic mass is 35.5. The Hall–Kier alpha value is -1.57. The number of carbonyl (C=O) groups is 2. The van der Waals surface area contributed by atoms with E-state index in [0.29, 0.717) is 15.7 Å². The van der Waals surface area contributed by atoms with Gasteiger partial charge in [0.1, 0.15) is 9.88 Å². The smallest absolute Gasteiger partial charge is 0.347 e. The minimum atomic E-state index is -0.999. The SMILES string of the molecule is Cc1nc(C(C)NC(=O)C(C)Sc2ccc(Cl)cc2)sc1C(=O)O. The highest BCUT2D eigenvalue weighted by Crippen LogP contribution is 2.27. The molecule has 2 aromatic rings. The highest BCUT2D eigenvalue weighted by molar-refractivity contribution is 8.00. The molecule has 1 heterocycles. The van der Waals surface area contributed by atoms with Crippen molar-refractivity contribution < 1.29 is 14.7 Å². The zero-order valence-corrected chi connectivity index (χ0v) is 15.8. The number of aromatic carboxylic acids is 1. The van der Waals surface area contributed by atoms with Crippen molar-refractivity contribution in [2.45, 2.75) is 37.0 Å². The van der Waals surface area contributed by atoms with E-state index in [1.807, 2.05) is 19.1 Å². The molecule has 1 aromatic carbocycles. The number of amides is 1. The van der Waals surface area contributed by atoms with Crippen LogP contribution in [0.4, 0.5) is 0 Å². The van der Waals surface area contributed by atoms with Gasteiger partial charge in [0.25, 0.3) is 0 Å². The second-order valence-electron chi connectivity index (χ2n) is 5.22. The third-order valence-corrected chi connectivity index (χ3v) is 5.92. The molecule has 1 aromatic heterocycles. The van der Waals surface area contributed by atoms with Gasteiger partial charge in [0, 0.05) is 9.92 Å². The van der Waals surface area contributed by atoms with Crippen LogP contribution in [0.2, 0.25) is 5.02 Å². The van der Waals surface area contributed by atoms with E-state index in [2.05, 4.69) is 10.3 Å². The first-order valence-corrected chi connectivity index (χ1v) is 9.28. The van der Waals surface area contributed by atoms with Gasteiger partial charge in [0.2, 0.25) is 5.91 Å². The van der Waals surface area contributed by atoms with Gasteiger partial charge in [-0.15, -0.1) is 23.1 Å². The van der Waals surface area contributed by atoms with Crippen LogP contribution >= 0.6 is 34.7 Å². The van der Waals surface area contributed by atoms with Crippen LogP contribution in [0.3, 0.4) is 0 Å². The van der Waals surface area contributed by atoms with Crippen molar-refractivity contribution in [2.75, 3.05) is 0 Å². The molecule has 1 amide bonds. The lowest BCUT2D eigenvalue weighted by molar-refractivity contribution is -0.120. The number of hydrogen-bond acceptors (Lipinski definition) is 5. The van der Waals surface area contributed by atoms with E-state index in [9.17, 15) is 9.59 Å². The quantitative estimate of drug-likeness (QED) is 0.731. The maximum atomic E-state index is 12.3. The lowest BCUT2D eigenvalue weighted by atomic mass is 10.3. The van der Waals surface area contributed by atoms with Crippen LogP contribution in [0.5, 0.6) is 0 Å². The number of carbonyl (C=O) groups excluding carboxylic acids is 1. The minimum absolute atomic E-state index is 0.132. The number of carboxylic acids is 1. The number of halogens is 1. The van der Waals surface area contributed by atoms with Gasteiger partial charge in [-0.3, -0.25) is 4.79 Å². The zero-order chi connectivity index (χ0) is 17.9. The fraction of sp³-hybridized carbons (Fsp3) is 0.312. The summed E-state index contributed by atoms with van der Waals surface area (Å²) in [7, 11) is 0. The van der Waals surface area contributed by atoms with Gasteiger partial charge in [-0.2, -0.15) is 0 Å².